The van der Waals surface area contributed by atoms with Crippen LogP contribution in [0.4, 0.5) is 0 Å². The minimum atomic E-state index is -0.386. The van der Waals surface area contributed by atoms with E-state index in [0.717, 1.165) is 35.7 Å². The van der Waals surface area contributed by atoms with Gasteiger partial charge < -0.3 is 10.4 Å². The van der Waals surface area contributed by atoms with E-state index in [4.69, 9.17) is 0 Å². The number of rotatable bonds is 5. The summed E-state index contributed by atoms with van der Waals surface area (Å²) in [6.45, 7) is 0.626. The third-order valence-electron chi connectivity index (χ3n) is 5.02. The highest BCUT2D eigenvalue weighted by molar-refractivity contribution is 5.81. The molecule has 2 atom stereocenters. The van der Waals surface area contributed by atoms with Gasteiger partial charge in [-0.2, -0.15) is 5.10 Å². The zero-order valence-corrected chi connectivity index (χ0v) is 13.7. The van der Waals surface area contributed by atoms with Crippen LogP contribution in [0.1, 0.15) is 23.1 Å². The fourth-order valence-corrected chi connectivity index (χ4v) is 3.71. The molecule has 24 heavy (non-hydrogen) atoms. The Balaban J connectivity index is 1.34. The Morgan fingerprint density at radius 2 is 2.04 bits per heavy atom. The fourth-order valence-electron chi connectivity index (χ4n) is 3.71. The molecule has 1 aliphatic rings. The number of nitrogens with zero attached hydrogens (tertiary/aromatic N) is 1. The van der Waals surface area contributed by atoms with E-state index in [1.807, 2.05) is 18.3 Å². The van der Waals surface area contributed by atoms with Crippen molar-refractivity contribution in [2.75, 3.05) is 6.54 Å². The summed E-state index contributed by atoms with van der Waals surface area (Å²) in [6, 6.07) is 15.2. The molecule has 1 aliphatic carbocycles. The van der Waals surface area contributed by atoms with Gasteiger partial charge in [0.25, 0.3) is 0 Å². The number of aliphatic hydroxyl groups excluding tert-OH is 1. The number of nitrogens with one attached hydrogen (secondary N) is 2. The van der Waals surface area contributed by atoms with Crippen molar-refractivity contribution >= 4 is 10.9 Å². The Kier molecular flexibility index (Phi) is 4.32. The first kappa shape index (κ1) is 15.4. The number of hydrogen-bond acceptors (Lipinski definition) is 3. The first-order chi connectivity index (χ1) is 11.8. The Morgan fingerprint density at radius 3 is 2.96 bits per heavy atom. The maximum absolute atomic E-state index is 10.4. The molecule has 0 bridgehead atoms. The summed E-state index contributed by atoms with van der Waals surface area (Å²) in [7, 11) is 0. The monoisotopic (exact) mass is 321 g/mol. The zero-order valence-electron chi connectivity index (χ0n) is 13.7. The third kappa shape index (κ3) is 3.21. The largest absolute Gasteiger partial charge is 0.391 e. The molecule has 3 N–H and O–H groups in total. The van der Waals surface area contributed by atoms with E-state index in [9.17, 15) is 5.11 Å². The second-order valence-electron chi connectivity index (χ2n) is 6.72. The van der Waals surface area contributed by atoms with Gasteiger partial charge in [-0.25, -0.2) is 0 Å². The van der Waals surface area contributed by atoms with E-state index >= 15 is 0 Å². The van der Waals surface area contributed by atoms with Crippen molar-refractivity contribution in [3.8, 4) is 0 Å². The molecular weight excluding hydrogens is 298 g/mol. The quantitative estimate of drug-likeness (QED) is 0.677. The van der Waals surface area contributed by atoms with E-state index in [2.05, 4.69) is 45.8 Å². The lowest BCUT2D eigenvalue weighted by molar-refractivity contribution is 0.166. The van der Waals surface area contributed by atoms with Gasteiger partial charge in [-0.15, -0.1) is 0 Å². The molecule has 4 nitrogen and oxygen atoms in total. The number of fused-ring (bicyclic) bond motifs is 2. The van der Waals surface area contributed by atoms with Crippen LogP contribution in [0.3, 0.4) is 0 Å². The van der Waals surface area contributed by atoms with Crippen molar-refractivity contribution in [1.29, 1.82) is 0 Å². The van der Waals surface area contributed by atoms with Crippen LogP contribution < -0.4 is 5.32 Å². The van der Waals surface area contributed by atoms with Crippen LogP contribution in [0.2, 0.25) is 0 Å². The van der Waals surface area contributed by atoms with E-state index in [0.29, 0.717) is 19.0 Å². The smallest absolute Gasteiger partial charge is 0.0705 e. The van der Waals surface area contributed by atoms with Gasteiger partial charge >= 0.3 is 0 Å². The molecule has 0 spiro atoms. The van der Waals surface area contributed by atoms with Crippen molar-refractivity contribution in [3.05, 3.63) is 65.4 Å². The van der Waals surface area contributed by atoms with Crippen LogP contribution in [0.25, 0.3) is 10.9 Å². The molecule has 3 aromatic rings. The Hall–Kier alpha value is -2.17. The number of hydrogen-bond donors (Lipinski definition) is 3. The maximum Gasteiger partial charge on any atom is 0.0705 e. The van der Waals surface area contributed by atoms with Crippen LogP contribution in [0.5, 0.6) is 0 Å². The lowest BCUT2D eigenvalue weighted by atomic mass is 9.88. The molecule has 0 saturated heterocycles. The zero-order chi connectivity index (χ0) is 16.4. The number of benzene rings is 2. The first-order valence-corrected chi connectivity index (χ1v) is 8.69. The van der Waals surface area contributed by atoms with Gasteiger partial charge in [0, 0.05) is 24.4 Å². The Morgan fingerprint density at radius 1 is 1.17 bits per heavy atom. The molecule has 0 saturated carbocycles. The van der Waals surface area contributed by atoms with Gasteiger partial charge in [0.15, 0.2) is 0 Å². The highest BCUT2D eigenvalue weighted by atomic mass is 16.3. The molecule has 1 heterocycles. The molecule has 1 aromatic heterocycles. The molecule has 0 aliphatic heterocycles. The van der Waals surface area contributed by atoms with Gasteiger partial charge in [0.2, 0.25) is 0 Å². The maximum atomic E-state index is 10.4. The molecule has 0 radical (unpaired) electrons. The minimum absolute atomic E-state index is 0.386. The summed E-state index contributed by atoms with van der Waals surface area (Å²) >= 11 is 0. The number of aromatic nitrogens is 2. The summed E-state index contributed by atoms with van der Waals surface area (Å²) in [5.74, 6) is 0. The van der Waals surface area contributed by atoms with Gasteiger partial charge in [-0.3, -0.25) is 5.10 Å². The lowest BCUT2D eigenvalue weighted by Gasteiger charge is -2.26. The van der Waals surface area contributed by atoms with E-state index in [1.165, 1.54) is 11.1 Å². The molecule has 0 amide bonds. The average Bonchev–Trinajstić information content (AvgIpc) is 3.10. The van der Waals surface area contributed by atoms with Crippen LogP contribution in [-0.4, -0.2) is 34.0 Å². The SMILES string of the molecule is OC(CNC1CCc2ccccc2C1)Cc1cccc2[nH]ncc12. The van der Waals surface area contributed by atoms with Crippen molar-refractivity contribution in [2.45, 2.75) is 37.8 Å². The molecule has 4 rings (SSSR count). The number of H-pyrrole nitrogens is 1. The van der Waals surface area contributed by atoms with Crippen LogP contribution in [0.15, 0.2) is 48.7 Å². The van der Waals surface area contributed by atoms with Gasteiger partial charge in [-0.05, 0) is 42.0 Å². The number of aromatic amines is 1. The third-order valence-corrected chi connectivity index (χ3v) is 5.02. The second kappa shape index (κ2) is 6.75. The van der Waals surface area contributed by atoms with E-state index in [-0.39, 0.29) is 6.10 Å². The minimum Gasteiger partial charge on any atom is -0.391 e. The highest BCUT2D eigenvalue weighted by Crippen LogP contribution is 2.21. The lowest BCUT2D eigenvalue weighted by Crippen LogP contribution is -2.39. The van der Waals surface area contributed by atoms with E-state index in [1.54, 1.807) is 0 Å². The fraction of sp³-hybridized carbons (Fsp3) is 0.350. The van der Waals surface area contributed by atoms with Crippen molar-refractivity contribution < 1.29 is 5.11 Å². The van der Waals surface area contributed by atoms with Gasteiger partial charge in [0.1, 0.15) is 0 Å². The molecule has 124 valence electrons. The summed E-state index contributed by atoms with van der Waals surface area (Å²) in [6.07, 6.45) is 5.41. The number of aryl methyl sites for hydroxylation is 1. The van der Waals surface area contributed by atoms with Crippen LogP contribution in [0, 0.1) is 0 Å². The Labute approximate surface area is 141 Å². The summed E-state index contributed by atoms with van der Waals surface area (Å²) in [4.78, 5) is 0. The number of aliphatic hydroxyl groups is 1. The van der Waals surface area contributed by atoms with Crippen LogP contribution >= 0.6 is 0 Å². The molecule has 2 unspecified atom stereocenters. The van der Waals surface area contributed by atoms with E-state index < -0.39 is 0 Å². The molecular formula is C20H23N3O. The summed E-state index contributed by atoms with van der Waals surface area (Å²) in [5, 5.41) is 22.2. The second-order valence-corrected chi connectivity index (χ2v) is 6.72. The topological polar surface area (TPSA) is 60.9 Å². The normalized spacial score (nSPS) is 18.5. The van der Waals surface area contributed by atoms with Gasteiger partial charge in [-0.1, -0.05) is 36.4 Å². The van der Waals surface area contributed by atoms with Crippen molar-refractivity contribution in [1.82, 2.24) is 15.5 Å². The van der Waals surface area contributed by atoms with Crippen molar-refractivity contribution in [2.24, 2.45) is 0 Å². The average molecular weight is 321 g/mol. The molecule has 2 aromatic carbocycles. The predicted molar refractivity (Wildman–Crippen MR) is 96.1 cm³/mol. The molecule has 4 heteroatoms. The van der Waals surface area contributed by atoms with Crippen LogP contribution in [-0.2, 0) is 19.3 Å². The molecule has 0 fully saturated rings. The first-order valence-electron chi connectivity index (χ1n) is 8.69. The van der Waals surface area contributed by atoms with Crippen molar-refractivity contribution in [3.63, 3.8) is 0 Å². The van der Waals surface area contributed by atoms with Gasteiger partial charge in [0.05, 0.1) is 17.8 Å². The highest BCUT2D eigenvalue weighted by Gasteiger charge is 2.19. The summed E-state index contributed by atoms with van der Waals surface area (Å²) in [5.41, 5.74) is 5.09. The summed E-state index contributed by atoms with van der Waals surface area (Å²) < 4.78 is 0. The standard InChI is InChI=1S/C20H23N3O/c24-18(11-16-6-3-7-20-19(16)13-22-23-20)12-21-17-9-8-14-4-1-2-5-15(14)10-17/h1-7,13,17-18,21,24H,8-12H2,(H,22,23). The Bertz CT molecular complexity index is 826. The predicted octanol–water partition coefficient (Wildman–Crippen LogP) is 2.61.